The summed E-state index contributed by atoms with van der Waals surface area (Å²) < 4.78 is 16.2. The van der Waals surface area contributed by atoms with Gasteiger partial charge in [0, 0.05) is 25.3 Å². The van der Waals surface area contributed by atoms with Crippen LogP contribution in [0.3, 0.4) is 0 Å². The first-order valence-electron chi connectivity index (χ1n) is 5.70. The molecule has 1 aromatic heterocycles. The van der Waals surface area contributed by atoms with Crippen molar-refractivity contribution in [2.24, 2.45) is 0 Å². The van der Waals surface area contributed by atoms with Crippen molar-refractivity contribution in [3.05, 3.63) is 28.4 Å². The van der Waals surface area contributed by atoms with Gasteiger partial charge in [-0.05, 0) is 28.1 Å². The van der Waals surface area contributed by atoms with E-state index < -0.39 is 0 Å². The molecule has 2 aromatic rings. The SMILES string of the molecule is COCCNC(=O)c1cc(OC)c2cc(Br)oc2c1. The molecule has 0 atom stereocenters. The molecule has 0 saturated heterocycles. The largest absolute Gasteiger partial charge is 0.496 e. The lowest BCUT2D eigenvalue weighted by molar-refractivity contribution is 0.0937. The Labute approximate surface area is 119 Å². The molecule has 0 spiro atoms. The summed E-state index contributed by atoms with van der Waals surface area (Å²) in [5.74, 6) is 0.411. The number of carbonyl (C=O) groups is 1. The third-order valence-electron chi connectivity index (χ3n) is 2.64. The zero-order valence-electron chi connectivity index (χ0n) is 10.7. The first-order valence-corrected chi connectivity index (χ1v) is 6.49. The van der Waals surface area contributed by atoms with Gasteiger partial charge in [0.15, 0.2) is 4.67 Å². The van der Waals surface area contributed by atoms with E-state index >= 15 is 0 Å². The van der Waals surface area contributed by atoms with Crippen LogP contribution in [-0.2, 0) is 4.74 Å². The molecule has 0 fully saturated rings. The molecule has 0 radical (unpaired) electrons. The van der Waals surface area contributed by atoms with E-state index in [1.807, 2.05) is 0 Å². The van der Waals surface area contributed by atoms with Crippen molar-refractivity contribution >= 4 is 32.8 Å². The fourth-order valence-electron chi connectivity index (χ4n) is 1.74. The summed E-state index contributed by atoms with van der Waals surface area (Å²) in [6.07, 6.45) is 0. The molecule has 1 aromatic carbocycles. The van der Waals surface area contributed by atoms with Crippen LogP contribution < -0.4 is 10.1 Å². The Hall–Kier alpha value is -1.53. The number of rotatable bonds is 5. The highest BCUT2D eigenvalue weighted by atomic mass is 79.9. The Morgan fingerprint density at radius 3 is 2.84 bits per heavy atom. The number of hydrogen-bond donors (Lipinski definition) is 1. The maximum absolute atomic E-state index is 12.0. The monoisotopic (exact) mass is 327 g/mol. The van der Waals surface area contributed by atoms with Crippen molar-refractivity contribution in [3.8, 4) is 5.75 Å². The smallest absolute Gasteiger partial charge is 0.251 e. The van der Waals surface area contributed by atoms with Crippen LogP contribution in [-0.4, -0.2) is 33.3 Å². The highest BCUT2D eigenvalue weighted by Gasteiger charge is 2.13. The molecule has 2 rings (SSSR count). The summed E-state index contributed by atoms with van der Waals surface area (Å²) in [6.45, 7) is 0.926. The fourth-order valence-corrected chi connectivity index (χ4v) is 2.15. The van der Waals surface area contributed by atoms with Gasteiger partial charge in [-0.1, -0.05) is 0 Å². The average Bonchev–Trinajstić information content (AvgIpc) is 2.77. The van der Waals surface area contributed by atoms with Crippen LogP contribution >= 0.6 is 15.9 Å². The van der Waals surface area contributed by atoms with Gasteiger partial charge in [0.2, 0.25) is 0 Å². The van der Waals surface area contributed by atoms with Crippen molar-refractivity contribution in [2.75, 3.05) is 27.4 Å². The second kappa shape index (κ2) is 6.08. The summed E-state index contributed by atoms with van der Waals surface area (Å²) in [4.78, 5) is 12.0. The zero-order chi connectivity index (χ0) is 13.8. The normalized spacial score (nSPS) is 10.7. The van der Waals surface area contributed by atoms with Crippen LogP contribution in [0, 0.1) is 0 Å². The average molecular weight is 328 g/mol. The Morgan fingerprint density at radius 1 is 1.37 bits per heavy atom. The maximum atomic E-state index is 12.0. The zero-order valence-corrected chi connectivity index (χ0v) is 12.2. The highest BCUT2D eigenvalue weighted by molar-refractivity contribution is 9.10. The minimum absolute atomic E-state index is 0.190. The van der Waals surface area contributed by atoms with Crippen molar-refractivity contribution in [3.63, 3.8) is 0 Å². The molecular formula is C13H14BrNO4. The number of furan rings is 1. The third-order valence-corrected chi connectivity index (χ3v) is 3.03. The van der Waals surface area contributed by atoms with Gasteiger partial charge in [0.1, 0.15) is 11.3 Å². The second-order valence-corrected chi connectivity index (χ2v) is 4.67. The number of amides is 1. The minimum Gasteiger partial charge on any atom is -0.496 e. The summed E-state index contributed by atoms with van der Waals surface area (Å²) in [6, 6.07) is 5.18. The van der Waals surface area contributed by atoms with E-state index in [1.165, 1.54) is 0 Å². The molecule has 1 heterocycles. The first kappa shape index (κ1) is 13.9. The fraction of sp³-hybridized carbons (Fsp3) is 0.308. The minimum atomic E-state index is -0.190. The molecule has 0 unspecified atom stereocenters. The number of hydrogen-bond acceptors (Lipinski definition) is 4. The summed E-state index contributed by atoms with van der Waals surface area (Å²) in [5.41, 5.74) is 1.09. The summed E-state index contributed by atoms with van der Waals surface area (Å²) in [5, 5.41) is 3.57. The Balaban J connectivity index is 2.30. The number of benzene rings is 1. The molecule has 0 aliphatic heterocycles. The quantitative estimate of drug-likeness (QED) is 0.857. The highest BCUT2D eigenvalue weighted by Crippen LogP contribution is 2.32. The van der Waals surface area contributed by atoms with Crippen LogP contribution in [0.2, 0.25) is 0 Å². The van der Waals surface area contributed by atoms with Crippen LogP contribution in [0.5, 0.6) is 5.75 Å². The lowest BCUT2D eigenvalue weighted by Crippen LogP contribution is -2.26. The van der Waals surface area contributed by atoms with Gasteiger partial charge >= 0.3 is 0 Å². The molecule has 6 heteroatoms. The number of carbonyl (C=O) groups excluding carboxylic acids is 1. The van der Waals surface area contributed by atoms with Crippen LogP contribution in [0.25, 0.3) is 11.0 Å². The molecule has 19 heavy (non-hydrogen) atoms. The van der Waals surface area contributed by atoms with E-state index in [0.29, 0.717) is 34.7 Å². The van der Waals surface area contributed by atoms with Gasteiger partial charge in [0.25, 0.3) is 5.91 Å². The van der Waals surface area contributed by atoms with Gasteiger partial charge in [-0.25, -0.2) is 0 Å². The van der Waals surface area contributed by atoms with E-state index in [0.717, 1.165) is 5.39 Å². The summed E-state index contributed by atoms with van der Waals surface area (Å²) in [7, 11) is 3.14. The van der Waals surface area contributed by atoms with Crippen molar-refractivity contribution in [1.29, 1.82) is 0 Å². The van der Waals surface area contributed by atoms with Gasteiger partial charge < -0.3 is 19.2 Å². The van der Waals surface area contributed by atoms with Crippen LogP contribution in [0.1, 0.15) is 10.4 Å². The van der Waals surface area contributed by atoms with Crippen molar-refractivity contribution < 1.29 is 18.7 Å². The van der Waals surface area contributed by atoms with Crippen LogP contribution in [0.4, 0.5) is 0 Å². The number of fused-ring (bicyclic) bond motifs is 1. The van der Waals surface area contributed by atoms with E-state index in [2.05, 4.69) is 21.2 Å². The molecular weight excluding hydrogens is 314 g/mol. The van der Waals surface area contributed by atoms with Gasteiger partial charge in [-0.3, -0.25) is 4.79 Å². The lowest BCUT2D eigenvalue weighted by atomic mass is 10.1. The lowest BCUT2D eigenvalue weighted by Gasteiger charge is -2.07. The van der Waals surface area contributed by atoms with E-state index in [1.54, 1.807) is 32.4 Å². The molecule has 1 N–H and O–H groups in total. The number of nitrogens with one attached hydrogen (secondary N) is 1. The topological polar surface area (TPSA) is 60.7 Å². The van der Waals surface area contributed by atoms with Crippen LogP contribution in [0.15, 0.2) is 27.3 Å². The predicted molar refractivity (Wildman–Crippen MR) is 74.7 cm³/mol. The summed E-state index contributed by atoms with van der Waals surface area (Å²) >= 11 is 3.26. The number of halogens is 1. The van der Waals surface area contributed by atoms with Gasteiger partial charge in [-0.2, -0.15) is 0 Å². The van der Waals surface area contributed by atoms with E-state index in [-0.39, 0.29) is 5.91 Å². The van der Waals surface area contributed by atoms with Gasteiger partial charge in [-0.15, -0.1) is 0 Å². The Kier molecular flexibility index (Phi) is 4.44. The number of ether oxygens (including phenoxy) is 2. The molecule has 1 amide bonds. The van der Waals surface area contributed by atoms with Gasteiger partial charge in [0.05, 0.1) is 19.1 Å². The van der Waals surface area contributed by atoms with Crippen molar-refractivity contribution in [1.82, 2.24) is 5.32 Å². The number of methoxy groups -OCH3 is 2. The van der Waals surface area contributed by atoms with Crippen molar-refractivity contribution in [2.45, 2.75) is 0 Å². The maximum Gasteiger partial charge on any atom is 0.251 e. The molecule has 0 aliphatic rings. The first-order chi connectivity index (χ1) is 9.15. The predicted octanol–water partition coefficient (Wildman–Crippen LogP) is 2.58. The third kappa shape index (κ3) is 3.08. The molecule has 0 aliphatic carbocycles. The Bertz CT molecular complexity index is 594. The molecule has 5 nitrogen and oxygen atoms in total. The second-order valence-electron chi connectivity index (χ2n) is 3.89. The molecule has 0 bridgehead atoms. The molecule has 102 valence electrons. The van der Waals surface area contributed by atoms with E-state index in [9.17, 15) is 4.79 Å². The Morgan fingerprint density at radius 2 is 2.16 bits per heavy atom. The van der Waals surface area contributed by atoms with E-state index in [4.69, 9.17) is 13.9 Å². The standard InChI is InChI=1S/C13H14BrNO4/c1-17-4-3-15-13(16)8-5-10(18-2)9-7-12(14)19-11(9)6-8/h5-7H,3-4H2,1-2H3,(H,15,16). The molecule has 0 saturated carbocycles.